The molecule has 2 saturated heterocycles. The first-order chi connectivity index (χ1) is 9.42. The van der Waals surface area contributed by atoms with Gasteiger partial charge in [-0.15, -0.1) is 0 Å². The molecule has 5 heteroatoms. The summed E-state index contributed by atoms with van der Waals surface area (Å²) in [6.07, 6.45) is 4.22. The second-order valence-electron chi connectivity index (χ2n) is 5.06. The highest BCUT2D eigenvalue weighted by Crippen LogP contribution is 2.18. The van der Waals surface area contributed by atoms with Gasteiger partial charge in [0.25, 0.3) is 0 Å². The zero-order valence-electron chi connectivity index (χ0n) is 11.2. The van der Waals surface area contributed by atoms with E-state index < -0.39 is 0 Å². The maximum atomic E-state index is 5.47. The van der Waals surface area contributed by atoms with E-state index in [0.29, 0.717) is 6.04 Å². The summed E-state index contributed by atoms with van der Waals surface area (Å²) in [6.45, 7) is 5.13. The Kier molecular flexibility index (Phi) is 4.15. The van der Waals surface area contributed by atoms with Gasteiger partial charge in [-0.05, 0) is 25.0 Å². The van der Waals surface area contributed by atoms with Crippen molar-refractivity contribution in [2.45, 2.75) is 18.9 Å². The third-order valence-electron chi connectivity index (χ3n) is 3.61. The molecule has 0 radical (unpaired) electrons. The summed E-state index contributed by atoms with van der Waals surface area (Å²) < 4.78 is 10.8. The van der Waals surface area contributed by atoms with Gasteiger partial charge in [-0.3, -0.25) is 0 Å². The first-order valence-corrected chi connectivity index (χ1v) is 7.05. The van der Waals surface area contributed by atoms with E-state index in [4.69, 9.17) is 9.47 Å². The molecule has 0 bridgehead atoms. The lowest BCUT2D eigenvalue weighted by Crippen LogP contribution is -2.36. The molecule has 5 nitrogen and oxygen atoms in total. The number of anilines is 2. The molecule has 1 aromatic rings. The summed E-state index contributed by atoms with van der Waals surface area (Å²) >= 11 is 0. The molecule has 1 unspecified atom stereocenters. The van der Waals surface area contributed by atoms with Crippen molar-refractivity contribution in [1.29, 1.82) is 0 Å². The highest BCUT2D eigenvalue weighted by atomic mass is 16.5. The van der Waals surface area contributed by atoms with Crippen LogP contribution in [0.5, 0.6) is 0 Å². The third-order valence-corrected chi connectivity index (χ3v) is 3.61. The van der Waals surface area contributed by atoms with Crippen LogP contribution in [0.4, 0.5) is 11.5 Å². The van der Waals surface area contributed by atoms with Gasteiger partial charge in [-0.25, -0.2) is 4.98 Å². The Balaban J connectivity index is 1.58. The van der Waals surface area contributed by atoms with Crippen molar-refractivity contribution in [2.75, 3.05) is 49.7 Å². The summed E-state index contributed by atoms with van der Waals surface area (Å²) in [7, 11) is 0. The van der Waals surface area contributed by atoms with E-state index in [1.807, 2.05) is 6.20 Å². The average molecular weight is 263 g/mol. The van der Waals surface area contributed by atoms with Crippen LogP contribution in [0.15, 0.2) is 18.3 Å². The van der Waals surface area contributed by atoms with Crippen LogP contribution in [0.3, 0.4) is 0 Å². The summed E-state index contributed by atoms with van der Waals surface area (Å²) in [6, 6.07) is 4.61. The van der Waals surface area contributed by atoms with Crippen molar-refractivity contribution in [1.82, 2.24) is 4.98 Å². The summed E-state index contributed by atoms with van der Waals surface area (Å²) in [5, 5.41) is 3.48. The molecule has 2 aliphatic heterocycles. The first-order valence-electron chi connectivity index (χ1n) is 7.05. The molecule has 0 aliphatic carbocycles. The van der Waals surface area contributed by atoms with Crippen LogP contribution in [0, 0.1) is 0 Å². The van der Waals surface area contributed by atoms with E-state index in [9.17, 15) is 0 Å². The molecule has 0 spiro atoms. The van der Waals surface area contributed by atoms with Gasteiger partial charge in [0.05, 0.1) is 31.7 Å². The molecule has 1 aromatic heterocycles. The minimum absolute atomic E-state index is 0.421. The van der Waals surface area contributed by atoms with Crippen molar-refractivity contribution >= 4 is 11.5 Å². The minimum Gasteiger partial charge on any atom is -0.379 e. The maximum Gasteiger partial charge on any atom is 0.128 e. The second-order valence-corrected chi connectivity index (χ2v) is 5.06. The predicted molar refractivity (Wildman–Crippen MR) is 74.7 cm³/mol. The second kappa shape index (κ2) is 6.21. The minimum atomic E-state index is 0.421. The highest BCUT2D eigenvalue weighted by Gasteiger charge is 2.15. The number of morpholine rings is 1. The predicted octanol–water partition coefficient (Wildman–Crippen LogP) is 1.51. The molecule has 0 aromatic carbocycles. The molecule has 104 valence electrons. The topological polar surface area (TPSA) is 46.6 Å². The number of pyridine rings is 1. The zero-order valence-corrected chi connectivity index (χ0v) is 11.2. The molecule has 0 saturated carbocycles. The normalized spacial score (nSPS) is 24.2. The van der Waals surface area contributed by atoms with Crippen molar-refractivity contribution in [2.24, 2.45) is 0 Å². The summed E-state index contributed by atoms with van der Waals surface area (Å²) in [5.41, 5.74) is 1.08. The molecule has 19 heavy (non-hydrogen) atoms. The monoisotopic (exact) mass is 263 g/mol. The largest absolute Gasteiger partial charge is 0.379 e. The number of ether oxygens (including phenoxy) is 2. The number of rotatable bonds is 3. The average Bonchev–Trinajstić information content (AvgIpc) is 2.50. The van der Waals surface area contributed by atoms with E-state index in [1.54, 1.807) is 0 Å². The van der Waals surface area contributed by atoms with E-state index >= 15 is 0 Å². The Morgan fingerprint density at radius 2 is 2.05 bits per heavy atom. The fourth-order valence-electron chi connectivity index (χ4n) is 2.54. The van der Waals surface area contributed by atoms with Gasteiger partial charge in [-0.2, -0.15) is 0 Å². The van der Waals surface area contributed by atoms with Crippen LogP contribution < -0.4 is 10.2 Å². The van der Waals surface area contributed by atoms with Gasteiger partial charge in [0.15, 0.2) is 0 Å². The van der Waals surface area contributed by atoms with Gasteiger partial charge in [0.1, 0.15) is 5.82 Å². The molecule has 3 rings (SSSR count). The molecular formula is C14H21N3O2. The van der Waals surface area contributed by atoms with Gasteiger partial charge in [0.2, 0.25) is 0 Å². The van der Waals surface area contributed by atoms with Crippen LogP contribution in [-0.2, 0) is 9.47 Å². The van der Waals surface area contributed by atoms with Crippen LogP contribution >= 0.6 is 0 Å². The summed E-state index contributed by atoms with van der Waals surface area (Å²) in [5.74, 6) is 1.04. The van der Waals surface area contributed by atoms with E-state index in [-0.39, 0.29) is 0 Å². The number of nitrogens with one attached hydrogen (secondary N) is 1. The first kappa shape index (κ1) is 12.7. The van der Waals surface area contributed by atoms with Gasteiger partial charge < -0.3 is 19.7 Å². The van der Waals surface area contributed by atoms with Gasteiger partial charge in [0, 0.05) is 25.7 Å². The Bertz CT molecular complexity index is 384. The molecule has 1 atom stereocenters. The Hall–Kier alpha value is -1.33. The number of aromatic nitrogens is 1. The Labute approximate surface area is 113 Å². The van der Waals surface area contributed by atoms with Crippen molar-refractivity contribution in [3.05, 3.63) is 18.3 Å². The molecule has 2 fully saturated rings. The van der Waals surface area contributed by atoms with Crippen molar-refractivity contribution in [3.63, 3.8) is 0 Å². The van der Waals surface area contributed by atoms with Gasteiger partial charge in [-0.1, -0.05) is 0 Å². The Morgan fingerprint density at radius 3 is 2.74 bits per heavy atom. The number of nitrogens with zero attached hydrogens (tertiary/aromatic N) is 2. The fraction of sp³-hybridized carbons (Fsp3) is 0.643. The SMILES string of the molecule is c1cc(N2CCOCC2)ncc1NC1CCCOC1. The van der Waals surface area contributed by atoms with Crippen LogP contribution in [0.2, 0.25) is 0 Å². The van der Waals surface area contributed by atoms with E-state index in [0.717, 1.165) is 57.4 Å². The molecule has 0 amide bonds. The van der Waals surface area contributed by atoms with Crippen molar-refractivity contribution in [3.8, 4) is 0 Å². The van der Waals surface area contributed by atoms with Crippen LogP contribution in [0.25, 0.3) is 0 Å². The highest BCUT2D eigenvalue weighted by molar-refractivity contribution is 5.49. The zero-order chi connectivity index (χ0) is 12.9. The van der Waals surface area contributed by atoms with Crippen LogP contribution in [0.1, 0.15) is 12.8 Å². The quantitative estimate of drug-likeness (QED) is 0.895. The number of hydrogen-bond donors (Lipinski definition) is 1. The summed E-state index contributed by atoms with van der Waals surface area (Å²) in [4.78, 5) is 6.80. The standard InChI is InChI=1S/C14H21N3O2/c1-2-13(11-19-7-1)16-12-3-4-14(15-10-12)17-5-8-18-9-6-17/h3-4,10,13,16H,1-2,5-9,11H2. The fourth-order valence-corrected chi connectivity index (χ4v) is 2.54. The Morgan fingerprint density at radius 1 is 1.16 bits per heavy atom. The third kappa shape index (κ3) is 3.36. The molecule has 3 heterocycles. The molecular weight excluding hydrogens is 242 g/mol. The smallest absolute Gasteiger partial charge is 0.128 e. The molecule has 1 N–H and O–H groups in total. The lowest BCUT2D eigenvalue weighted by atomic mass is 10.1. The lowest BCUT2D eigenvalue weighted by Gasteiger charge is -2.28. The van der Waals surface area contributed by atoms with E-state index in [1.165, 1.54) is 6.42 Å². The van der Waals surface area contributed by atoms with Gasteiger partial charge >= 0.3 is 0 Å². The van der Waals surface area contributed by atoms with Crippen molar-refractivity contribution < 1.29 is 9.47 Å². The van der Waals surface area contributed by atoms with E-state index in [2.05, 4.69) is 27.3 Å². The lowest BCUT2D eigenvalue weighted by molar-refractivity contribution is 0.0876. The molecule has 2 aliphatic rings. The number of hydrogen-bond acceptors (Lipinski definition) is 5. The van der Waals surface area contributed by atoms with Crippen LogP contribution in [-0.4, -0.2) is 50.5 Å². The maximum absolute atomic E-state index is 5.47.